The summed E-state index contributed by atoms with van der Waals surface area (Å²) in [5.41, 5.74) is 5.99. The number of nitrogens with zero attached hydrogens (tertiary/aromatic N) is 2. The van der Waals surface area contributed by atoms with Crippen molar-refractivity contribution in [3.05, 3.63) is 90.1 Å². The van der Waals surface area contributed by atoms with Crippen molar-refractivity contribution in [1.29, 1.82) is 0 Å². The largest absolute Gasteiger partial charge is 0.355 e. The maximum absolute atomic E-state index is 12.9. The van der Waals surface area contributed by atoms with Gasteiger partial charge in [-0.05, 0) is 48.0 Å². The number of hydrogen-bond donors (Lipinski definition) is 2. The molecule has 154 valence electrons. The van der Waals surface area contributed by atoms with Gasteiger partial charge in [-0.2, -0.15) is 0 Å². The number of benzene rings is 3. The first-order valence-corrected chi connectivity index (χ1v) is 12.0. The zero-order valence-corrected chi connectivity index (χ0v) is 18.0. The molecule has 0 saturated carbocycles. The first-order chi connectivity index (χ1) is 15.1. The van der Waals surface area contributed by atoms with Gasteiger partial charge in [0, 0.05) is 29.5 Å². The van der Waals surface area contributed by atoms with E-state index in [0.717, 1.165) is 32.5 Å². The lowest BCUT2D eigenvalue weighted by Crippen LogP contribution is -2.23. The molecule has 0 fully saturated rings. The number of anilines is 2. The standard InChI is InChI=1S/C23H18N4O2S2/c28-31(29,26-14-16-4-2-1-3-5-16)18-7-8-20-19(13-18)21(10-11-24-20)27-17-6-9-23-22(12-17)25-15-30-23/h1-13,15,26H,14H2,(H,24,27). The van der Waals surface area contributed by atoms with Gasteiger partial charge in [-0.15, -0.1) is 11.3 Å². The van der Waals surface area contributed by atoms with Crippen LogP contribution in [-0.2, 0) is 16.6 Å². The summed E-state index contributed by atoms with van der Waals surface area (Å²) in [6, 6.07) is 22.2. The van der Waals surface area contributed by atoms with Crippen molar-refractivity contribution in [2.45, 2.75) is 11.4 Å². The summed E-state index contributed by atoms with van der Waals surface area (Å²) >= 11 is 1.59. The first kappa shape index (κ1) is 19.6. The molecule has 0 aliphatic carbocycles. The van der Waals surface area contributed by atoms with Gasteiger partial charge in [0.1, 0.15) is 0 Å². The van der Waals surface area contributed by atoms with Gasteiger partial charge in [0.15, 0.2) is 0 Å². The van der Waals surface area contributed by atoms with Crippen LogP contribution < -0.4 is 10.0 Å². The van der Waals surface area contributed by atoms with Crippen LogP contribution in [0.5, 0.6) is 0 Å². The van der Waals surface area contributed by atoms with Crippen LogP contribution in [0, 0.1) is 0 Å². The second kappa shape index (κ2) is 8.07. The Balaban J connectivity index is 1.47. The predicted octanol–water partition coefficient (Wildman–Crippen LogP) is 5.07. The number of thiazole rings is 1. The normalized spacial score (nSPS) is 11.7. The lowest BCUT2D eigenvalue weighted by atomic mass is 10.2. The second-order valence-corrected chi connectivity index (χ2v) is 9.66. The van der Waals surface area contributed by atoms with Gasteiger partial charge in [0.05, 0.1) is 26.1 Å². The molecule has 31 heavy (non-hydrogen) atoms. The molecule has 2 heterocycles. The molecular formula is C23H18N4O2S2. The van der Waals surface area contributed by atoms with Crippen molar-refractivity contribution >= 4 is 53.9 Å². The number of fused-ring (bicyclic) bond motifs is 2. The van der Waals surface area contributed by atoms with Crippen LogP contribution in [0.1, 0.15) is 5.56 Å². The number of nitrogens with one attached hydrogen (secondary N) is 2. The highest BCUT2D eigenvalue weighted by atomic mass is 32.2. The molecule has 0 radical (unpaired) electrons. The molecule has 0 unspecified atom stereocenters. The Hall–Kier alpha value is -3.33. The van der Waals surface area contributed by atoms with Crippen LogP contribution in [0.2, 0.25) is 0 Å². The average molecular weight is 447 g/mol. The van der Waals surface area contributed by atoms with Crippen LogP contribution in [-0.4, -0.2) is 18.4 Å². The van der Waals surface area contributed by atoms with Crippen molar-refractivity contribution in [3.8, 4) is 0 Å². The fraction of sp³-hybridized carbons (Fsp3) is 0.0435. The average Bonchev–Trinajstić information content (AvgIpc) is 3.26. The maximum Gasteiger partial charge on any atom is 0.240 e. The van der Waals surface area contributed by atoms with Crippen LogP contribution in [0.3, 0.4) is 0 Å². The van der Waals surface area contributed by atoms with E-state index in [-0.39, 0.29) is 11.4 Å². The third-order valence-corrected chi connectivity index (χ3v) is 7.15. The molecule has 0 spiro atoms. The van der Waals surface area contributed by atoms with Gasteiger partial charge in [0.25, 0.3) is 0 Å². The van der Waals surface area contributed by atoms with E-state index in [0.29, 0.717) is 5.52 Å². The number of aromatic nitrogens is 2. The van der Waals surface area contributed by atoms with E-state index in [9.17, 15) is 8.42 Å². The third-order valence-electron chi connectivity index (χ3n) is 4.94. The number of sulfonamides is 1. The van der Waals surface area contributed by atoms with Gasteiger partial charge in [0.2, 0.25) is 10.0 Å². The summed E-state index contributed by atoms with van der Waals surface area (Å²) in [7, 11) is -3.68. The molecule has 2 N–H and O–H groups in total. The summed E-state index contributed by atoms with van der Waals surface area (Å²) in [6.45, 7) is 0.229. The van der Waals surface area contributed by atoms with Gasteiger partial charge < -0.3 is 5.32 Å². The van der Waals surface area contributed by atoms with Crippen LogP contribution in [0.4, 0.5) is 11.4 Å². The maximum atomic E-state index is 12.9. The Morgan fingerprint density at radius 3 is 2.61 bits per heavy atom. The highest BCUT2D eigenvalue weighted by molar-refractivity contribution is 7.89. The highest BCUT2D eigenvalue weighted by Gasteiger charge is 2.16. The van der Waals surface area contributed by atoms with E-state index in [4.69, 9.17) is 0 Å². The Morgan fingerprint density at radius 2 is 1.74 bits per heavy atom. The highest BCUT2D eigenvalue weighted by Crippen LogP contribution is 2.29. The SMILES string of the molecule is O=S(=O)(NCc1ccccc1)c1ccc2nccc(Nc3ccc4scnc4c3)c2c1. The number of pyridine rings is 1. The lowest BCUT2D eigenvalue weighted by molar-refractivity contribution is 0.581. The molecular weight excluding hydrogens is 428 g/mol. The minimum atomic E-state index is -3.68. The van der Waals surface area contributed by atoms with E-state index in [1.54, 1.807) is 35.7 Å². The molecule has 0 aliphatic rings. The molecule has 3 aromatic carbocycles. The Labute approximate surface area is 183 Å². The molecule has 5 aromatic rings. The van der Waals surface area contributed by atoms with Gasteiger partial charge >= 0.3 is 0 Å². The van der Waals surface area contributed by atoms with Gasteiger partial charge in [-0.1, -0.05) is 30.3 Å². The molecule has 8 heteroatoms. The van der Waals surface area contributed by atoms with Crippen LogP contribution in [0.15, 0.2) is 89.4 Å². The summed E-state index contributed by atoms with van der Waals surface area (Å²) in [4.78, 5) is 8.93. The topological polar surface area (TPSA) is 84.0 Å². The molecule has 0 saturated heterocycles. The smallest absolute Gasteiger partial charge is 0.240 e. The van der Waals surface area contributed by atoms with Crippen molar-refractivity contribution in [1.82, 2.24) is 14.7 Å². The van der Waals surface area contributed by atoms with Crippen LogP contribution >= 0.6 is 11.3 Å². The summed E-state index contributed by atoms with van der Waals surface area (Å²) in [5, 5.41) is 4.10. The summed E-state index contributed by atoms with van der Waals surface area (Å²) < 4.78 is 29.5. The van der Waals surface area contributed by atoms with E-state index >= 15 is 0 Å². The monoisotopic (exact) mass is 446 g/mol. The lowest BCUT2D eigenvalue weighted by Gasteiger charge is -2.12. The van der Waals surface area contributed by atoms with E-state index < -0.39 is 10.0 Å². The molecule has 5 rings (SSSR count). The fourth-order valence-electron chi connectivity index (χ4n) is 3.35. The van der Waals surface area contributed by atoms with E-state index in [1.807, 2.05) is 60.1 Å². The van der Waals surface area contributed by atoms with Gasteiger partial charge in [-0.25, -0.2) is 18.1 Å². The van der Waals surface area contributed by atoms with Crippen molar-refractivity contribution in [3.63, 3.8) is 0 Å². The fourth-order valence-corrected chi connectivity index (χ4v) is 5.05. The Bertz CT molecular complexity index is 1480. The van der Waals surface area contributed by atoms with Crippen molar-refractivity contribution in [2.24, 2.45) is 0 Å². The Morgan fingerprint density at radius 1 is 0.871 bits per heavy atom. The number of hydrogen-bond acceptors (Lipinski definition) is 6. The molecule has 2 aromatic heterocycles. The predicted molar refractivity (Wildman–Crippen MR) is 125 cm³/mol. The van der Waals surface area contributed by atoms with Crippen molar-refractivity contribution in [2.75, 3.05) is 5.32 Å². The Kier molecular flexibility index (Phi) is 5.11. The third kappa shape index (κ3) is 4.13. The zero-order chi connectivity index (χ0) is 21.3. The second-order valence-electron chi connectivity index (χ2n) is 7.01. The first-order valence-electron chi connectivity index (χ1n) is 9.61. The van der Waals surface area contributed by atoms with Crippen molar-refractivity contribution < 1.29 is 8.42 Å². The summed E-state index contributed by atoms with van der Waals surface area (Å²) in [6.07, 6.45) is 1.70. The van der Waals surface area contributed by atoms with E-state index in [1.165, 1.54) is 0 Å². The molecule has 0 atom stereocenters. The molecule has 0 aliphatic heterocycles. The molecule has 6 nitrogen and oxygen atoms in total. The minimum absolute atomic E-state index is 0.196. The number of rotatable bonds is 6. The minimum Gasteiger partial charge on any atom is -0.355 e. The molecule has 0 bridgehead atoms. The van der Waals surface area contributed by atoms with E-state index in [2.05, 4.69) is 20.0 Å². The van der Waals surface area contributed by atoms with Crippen LogP contribution in [0.25, 0.3) is 21.1 Å². The zero-order valence-electron chi connectivity index (χ0n) is 16.3. The van der Waals surface area contributed by atoms with Gasteiger partial charge in [-0.3, -0.25) is 4.98 Å². The quantitative estimate of drug-likeness (QED) is 0.381. The molecule has 0 amide bonds. The summed E-state index contributed by atoms with van der Waals surface area (Å²) in [5.74, 6) is 0.